The first-order valence-electron chi connectivity index (χ1n) is 11.0. The van der Waals surface area contributed by atoms with E-state index in [1.807, 2.05) is 56.3 Å². The van der Waals surface area contributed by atoms with Gasteiger partial charge in [-0.05, 0) is 61.4 Å². The molecule has 0 atom stereocenters. The number of halogens is 2. The van der Waals surface area contributed by atoms with Crippen molar-refractivity contribution in [1.82, 2.24) is 14.7 Å². The summed E-state index contributed by atoms with van der Waals surface area (Å²) in [7, 11) is 0. The monoisotopic (exact) mass is 432 g/mol. The standard InChI is InChI=1S/C26H26F2N4/c1-18-5-3-8-22(15-18)32-26-23(19(2)29-32)9-10-24(25(26)28)31-13-11-30(12-14-31)17-20-6-4-7-21(27)16-20/h3-10,15-16H,11-14,17H2,1-2H3. The van der Waals surface area contributed by atoms with E-state index in [1.165, 1.54) is 6.07 Å². The molecule has 0 amide bonds. The fourth-order valence-electron chi connectivity index (χ4n) is 4.54. The SMILES string of the molecule is Cc1cccc(-n2nc(C)c3ccc(N4CCN(Cc5cccc(F)c5)CC4)c(F)c32)c1. The maximum absolute atomic E-state index is 15.8. The van der Waals surface area contributed by atoms with Gasteiger partial charge in [-0.3, -0.25) is 4.90 Å². The molecule has 4 aromatic rings. The van der Waals surface area contributed by atoms with E-state index >= 15 is 4.39 Å². The minimum atomic E-state index is -0.233. The average molecular weight is 433 g/mol. The summed E-state index contributed by atoms with van der Waals surface area (Å²) in [5.41, 5.74) is 4.87. The van der Waals surface area contributed by atoms with Gasteiger partial charge in [0.1, 0.15) is 11.3 Å². The van der Waals surface area contributed by atoms with E-state index in [1.54, 1.807) is 16.8 Å². The number of anilines is 1. The first-order chi connectivity index (χ1) is 15.5. The Hall–Kier alpha value is -3.25. The van der Waals surface area contributed by atoms with Crippen LogP contribution in [0.25, 0.3) is 16.6 Å². The minimum absolute atomic E-state index is 0.211. The predicted octanol–water partition coefficient (Wildman–Crippen LogP) is 5.24. The number of aryl methyl sites for hydroxylation is 2. The van der Waals surface area contributed by atoms with Crippen LogP contribution in [-0.4, -0.2) is 40.9 Å². The van der Waals surface area contributed by atoms with Gasteiger partial charge in [-0.2, -0.15) is 5.10 Å². The van der Waals surface area contributed by atoms with E-state index in [-0.39, 0.29) is 11.6 Å². The summed E-state index contributed by atoms with van der Waals surface area (Å²) in [5.74, 6) is -0.444. The zero-order valence-corrected chi connectivity index (χ0v) is 18.4. The summed E-state index contributed by atoms with van der Waals surface area (Å²) in [5, 5.41) is 5.46. The van der Waals surface area contributed by atoms with Crippen molar-refractivity contribution < 1.29 is 8.78 Å². The lowest BCUT2D eigenvalue weighted by molar-refractivity contribution is 0.249. The molecule has 1 aliphatic heterocycles. The molecule has 164 valence electrons. The van der Waals surface area contributed by atoms with Crippen LogP contribution in [0.3, 0.4) is 0 Å². The Morgan fingerprint density at radius 2 is 1.66 bits per heavy atom. The molecule has 32 heavy (non-hydrogen) atoms. The van der Waals surface area contributed by atoms with Crippen molar-refractivity contribution in [1.29, 1.82) is 0 Å². The Morgan fingerprint density at radius 1 is 0.875 bits per heavy atom. The summed E-state index contributed by atoms with van der Waals surface area (Å²) >= 11 is 0. The number of rotatable bonds is 4. The van der Waals surface area contributed by atoms with Gasteiger partial charge < -0.3 is 4.90 Å². The number of piperazine rings is 1. The number of nitrogens with zero attached hydrogens (tertiary/aromatic N) is 4. The van der Waals surface area contributed by atoms with Gasteiger partial charge in [0.2, 0.25) is 0 Å². The lowest BCUT2D eigenvalue weighted by Crippen LogP contribution is -2.46. The van der Waals surface area contributed by atoms with Crippen molar-refractivity contribution >= 4 is 16.6 Å². The fourth-order valence-corrected chi connectivity index (χ4v) is 4.54. The highest BCUT2D eigenvalue weighted by Gasteiger charge is 2.23. The zero-order chi connectivity index (χ0) is 22.2. The molecule has 1 aromatic heterocycles. The molecule has 0 N–H and O–H groups in total. The van der Waals surface area contributed by atoms with Crippen LogP contribution in [-0.2, 0) is 6.54 Å². The van der Waals surface area contributed by atoms with Crippen molar-refractivity contribution in [2.45, 2.75) is 20.4 Å². The maximum atomic E-state index is 15.8. The van der Waals surface area contributed by atoms with E-state index in [0.29, 0.717) is 17.7 Å². The highest BCUT2D eigenvalue weighted by atomic mass is 19.1. The van der Waals surface area contributed by atoms with Gasteiger partial charge in [0.15, 0.2) is 5.82 Å². The van der Waals surface area contributed by atoms with Crippen molar-refractivity contribution in [3.8, 4) is 5.69 Å². The van der Waals surface area contributed by atoms with Crippen LogP contribution < -0.4 is 4.90 Å². The molecule has 5 rings (SSSR count). The largest absolute Gasteiger partial charge is 0.367 e. The van der Waals surface area contributed by atoms with Gasteiger partial charge in [-0.25, -0.2) is 13.5 Å². The van der Waals surface area contributed by atoms with Crippen molar-refractivity contribution in [2.24, 2.45) is 0 Å². The van der Waals surface area contributed by atoms with Crippen LogP contribution in [0, 0.1) is 25.5 Å². The summed E-state index contributed by atoms with van der Waals surface area (Å²) in [6, 6.07) is 18.5. The Kier molecular flexibility index (Phi) is 5.39. The first kappa shape index (κ1) is 20.6. The summed E-state index contributed by atoms with van der Waals surface area (Å²) in [6.07, 6.45) is 0. The lowest BCUT2D eigenvalue weighted by atomic mass is 10.1. The van der Waals surface area contributed by atoms with Crippen LogP contribution in [0.1, 0.15) is 16.8 Å². The van der Waals surface area contributed by atoms with Gasteiger partial charge in [0.05, 0.1) is 17.1 Å². The molecule has 2 heterocycles. The van der Waals surface area contributed by atoms with Crippen molar-refractivity contribution in [2.75, 3.05) is 31.1 Å². The Balaban J connectivity index is 1.40. The highest BCUT2D eigenvalue weighted by molar-refractivity contribution is 5.87. The fraction of sp³-hybridized carbons (Fsp3) is 0.269. The molecule has 0 unspecified atom stereocenters. The molecule has 3 aromatic carbocycles. The molecule has 1 fully saturated rings. The average Bonchev–Trinajstić information content (AvgIpc) is 3.12. The molecule has 0 spiro atoms. The van der Waals surface area contributed by atoms with E-state index in [2.05, 4.69) is 14.9 Å². The van der Waals surface area contributed by atoms with Crippen LogP contribution in [0.2, 0.25) is 0 Å². The lowest BCUT2D eigenvalue weighted by Gasteiger charge is -2.36. The molecule has 1 aliphatic rings. The smallest absolute Gasteiger partial charge is 0.172 e. The first-order valence-corrected chi connectivity index (χ1v) is 11.0. The highest BCUT2D eigenvalue weighted by Crippen LogP contribution is 2.31. The molecule has 6 heteroatoms. The van der Waals surface area contributed by atoms with Crippen LogP contribution in [0.4, 0.5) is 14.5 Å². The molecule has 1 saturated heterocycles. The van der Waals surface area contributed by atoms with Gasteiger partial charge in [-0.15, -0.1) is 0 Å². The Labute approximate surface area is 186 Å². The van der Waals surface area contributed by atoms with E-state index in [0.717, 1.165) is 54.1 Å². The number of fused-ring (bicyclic) bond motifs is 1. The number of benzene rings is 3. The maximum Gasteiger partial charge on any atom is 0.172 e. The summed E-state index contributed by atoms with van der Waals surface area (Å²) < 4.78 is 31.0. The number of hydrogen-bond acceptors (Lipinski definition) is 3. The second kappa shape index (κ2) is 8.36. The third-order valence-corrected chi connectivity index (χ3v) is 6.20. The minimum Gasteiger partial charge on any atom is -0.367 e. The molecular weight excluding hydrogens is 406 g/mol. The summed E-state index contributed by atoms with van der Waals surface area (Å²) in [4.78, 5) is 4.38. The predicted molar refractivity (Wildman–Crippen MR) is 124 cm³/mol. The van der Waals surface area contributed by atoms with Gasteiger partial charge in [0, 0.05) is 38.1 Å². The quantitative estimate of drug-likeness (QED) is 0.441. The third kappa shape index (κ3) is 3.86. The van der Waals surface area contributed by atoms with Crippen molar-refractivity contribution in [3.05, 3.63) is 89.1 Å². The Morgan fingerprint density at radius 3 is 2.41 bits per heavy atom. The van der Waals surface area contributed by atoms with E-state index < -0.39 is 0 Å². The van der Waals surface area contributed by atoms with Gasteiger partial charge in [-0.1, -0.05) is 24.3 Å². The van der Waals surface area contributed by atoms with Crippen LogP contribution in [0.15, 0.2) is 60.7 Å². The zero-order valence-electron chi connectivity index (χ0n) is 18.4. The molecule has 0 bridgehead atoms. The molecule has 4 nitrogen and oxygen atoms in total. The number of hydrogen-bond donors (Lipinski definition) is 0. The van der Waals surface area contributed by atoms with Crippen LogP contribution >= 0.6 is 0 Å². The molecule has 0 saturated carbocycles. The van der Waals surface area contributed by atoms with Gasteiger partial charge >= 0.3 is 0 Å². The third-order valence-electron chi connectivity index (χ3n) is 6.20. The molecule has 0 radical (unpaired) electrons. The number of aromatic nitrogens is 2. The van der Waals surface area contributed by atoms with Crippen LogP contribution in [0.5, 0.6) is 0 Å². The normalized spacial score (nSPS) is 14.9. The second-order valence-electron chi connectivity index (χ2n) is 8.52. The topological polar surface area (TPSA) is 24.3 Å². The summed E-state index contributed by atoms with van der Waals surface area (Å²) in [6.45, 7) is 7.66. The van der Waals surface area contributed by atoms with Gasteiger partial charge in [0.25, 0.3) is 0 Å². The molecular formula is C26H26F2N4. The Bertz CT molecular complexity index is 1270. The van der Waals surface area contributed by atoms with E-state index in [4.69, 9.17) is 0 Å². The molecule has 0 aliphatic carbocycles. The second-order valence-corrected chi connectivity index (χ2v) is 8.52. The van der Waals surface area contributed by atoms with Crippen molar-refractivity contribution in [3.63, 3.8) is 0 Å². The van der Waals surface area contributed by atoms with E-state index in [9.17, 15) is 4.39 Å².